The third kappa shape index (κ3) is 4.39. The highest BCUT2D eigenvalue weighted by Crippen LogP contribution is 2.28. The number of aryl methyl sites for hydroxylation is 3. The van der Waals surface area contributed by atoms with E-state index in [1.807, 2.05) is 38.1 Å². The van der Waals surface area contributed by atoms with Crippen molar-refractivity contribution in [2.75, 3.05) is 5.32 Å². The molecule has 1 aromatic heterocycles. The molecule has 1 N–H and O–H groups in total. The maximum absolute atomic E-state index is 12.6. The molecule has 0 atom stereocenters. The summed E-state index contributed by atoms with van der Waals surface area (Å²) in [5.74, 6) is -0.422. The second-order valence-electron chi connectivity index (χ2n) is 7.23. The van der Waals surface area contributed by atoms with Crippen LogP contribution in [0.25, 0.3) is 11.8 Å². The van der Waals surface area contributed by atoms with Crippen LogP contribution in [0.15, 0.2) is 58.6 Å². The highest BCUT2D eigenvalue weighted by Gasteiger charge is 2.16. The standard InChI is InChI=1S/C25H24BrN3O/c1-5-19-8-6-7-16(2)24(19)29-17(3)13-20(18(29)4)14-21(15-27)25(30)28-23-11-9-22(26)10-12-23/h6-14H,5H2,1-4H3,(H,28,30)/b21-14-. The van der Waals surface area contributed by atoms with Crippen LogP contribution in [0, 0.1) is 32.1 Å². The van der Waals surface area contributed by atoms with Gasteiger partial charge in [0.05, 0.1) is 5.69 Å². The van der Waals surface area contributed by atoms with Crippen molar-refractivity contribution in [3.63, 3.8) is 0 Å². The van der Waals surface area contributed by atoms with Crippen molar-refractivity contribution in [3.05, 3.63) is 86.7 Å². The molecule has 0 fully saturated rings. The van der Waals surface area contributed by atoms with E-state index in [0.717, 1.165) is 27.8 Å². The molecule has 0 aliphatic heterocycles. The molecule has 3 aromatic rings. The van der Waals surface area contributed by atoms with E-state index in [1.54, 1.807) is 18.2 Å². The number of benzene rings is 2. The number of para-hydroxylation sites is 1. The number of nitrogens with one attached hydrogen (secondary N) is 1. The molecule has 0 aliphatic carbocycles. The smallest absolute Gasteiger partial charge is 0.266 e. The van der Waals surface area contributed by atoms with Gasteiger partial charge in [-0.25, -0.2) is 0 Å². The summed E-state index contributed by atoms with van der Waals surface area (Å²) in [6.07, 6.45) is 2.59. The van der Waals surface area contributed by atoms with E-state index in [1.165, 1.54) is 16.8 Å². The third-order valence-electron chi connectivity index (χ3n) is 5.16. The molecular formula is C25H24BrN3O. The lowest BCUT2D eigenvalue weighted by Crippen LogP contribution is -2.13. The second kappa shape index (κ2) is 9.15. The Morgan fingerprint density at radius 3 is 2.50 bits per heavy atom. The highest BCUT2D eigenvalue weighted by atomic mass is 79.9. The van der Waals surface area contributed by atoms with Crippen LogP contribution in [0.5, 0.6) is 0 Å². The van der Waals surface area contributed by atoms with E-state index >= 15 is 0 Å². The van der Waals surface area contributed by atoms with Gasteiger partial charge in [-0.3, -0.25) is 4.79 Å². The van der Waals surface area contributed by atoms with Crippen molar-refractivity contribution in [2.45, 2.75) is 34.1 Å². The Bertz CT molecular complexity index is 1160. The second-order valence-corrected chi connectivity index (χ2v) is 8.14. The average molecular weight is 462 g/mol. The minimum atomic E-state index is -0.422. The fraction of sp³-hybridized carbons (Fsp3) is 0.200. The summed E-state index contributed by atoms with van der Waals surface area (Å²) in [4.78, 5) is 12.6. The molecule has 0 saturated carbocycles. The zero-order valence-corrected chi connectivity index (χ0v) is 19.2. The number of carbonyl (C=O) groups is 1. The molecule has 0 aliphatic rings. The maximum Gasteiger partial charge on any atom is 0.266 e. The number of hydrogen-bond donors (Lipinski definition) is 1. The van der Waals surface area contributed by atoms with E-state index in [2.05, 4.69) is 57.9 Å². The summed E-state index contributed by atoms with van der Waals surface area (Å²) < 4.78 is 3.13. The van der Waals surface area contributed by atoms with Crippen molar-refractivity contribution in [1.29, 1.82) is 5.26 Å². The molecule has 0 bridgehead atoms. The van der Waals surface area contributed by atoms with Crippen LogP contribution >= 0.6 is 15.9 Å². The number of nitrogens with zero attached hydrogens (tertiary/aromatic N) is 2. The molecule has 5 heteroatoms. The summed E-state index contributed by atoms with van der Waals surface area (Å²) in [5, 5.41) is 12.4. The maximum atomic E-state index is 12.6. The Balaban J connectivity index is 1.99. The summed E-state index contributed by atoms with van der Waals surface area (Å²) in [7, 11) is 0. The van der Waals surface area contributed by atoms with Gasteiger partial charge >= 0.3 is 0 Å². The first kappa shape index (κ1) is 21.6. The molecule has 0 unspecified atom stereocenters. The third-order valence-corrected chi connectivity index (χ3v) is 5.69. The molecule has 4 nitrogen and oxygen atoms in total. The number of nitriles is 1. The van der Waals surface area contributed by atoms with Crippen LogP contribution in [-0.4, -0.2) is 10.5 Å². The number of halogens is 1. The van der Waals surface area contributed by atoms with Crippen molar-refractivity contribution in [3.8, 4) is 11.8 Å². The van der Waals surface area contributed by atoms with E-state index in [-0.39, 0.29) is 5.57 Å². The lowest BCUT2D eigenvalue weighted by atomic mass is 10.1. The minimum absolute atomic E-state index is 0.0682. The molecule has 3 rings (SSSR count). The predicted molar refractivity (Wildman–Crippen MR) is 126 cm³/mol. The molecule has 0 radical (unpaired) electrons. The first-order valence-electron chi connectivity index (χ1n) is 9.82. The molecular weight excluding hydrogens is 438 g/mol. The van der Waals surface area contributed by atoms with Crippen molar-refractivity contribution in [2.24, 2.45) is 0 Å². The number of aromatic nitrogens is 1. The Kier molecular flexibility index (Phi) is 6.59. The van der Waals surface area contributed by atoms with E-state index in [4.69, 9.17) is 0 Å². The summed E-state index contributed by atoms with van der Waals surface area (Å²) in [6, 6.07) is 17.6. The van der Waals surface area contributed by atoms with Crippen molar-refractivity contribution in [1.82, 2.24) is 4.57 Å². The number of hydrogen-bond acceptors (Lipinski definition) is 2. The Morgan fingerprint density at radius 1 is 1.17 bits per heavy atom. The monoisotopic (exact) mass is 461 g/mol. The Labute approximate surface area is 186 Å². The number of anilines is 1. The quantitative estimate of drug-likeness (QED) is 0.359. The zero-order valence-electron chi connectivity index (χ0n) is 17.6. The van der Waals surface area contributed by atoms with Gasteiger partial charge in [-0.15, -0.1) is 0 Å². The van der Waals surface area contributed by atoms with Gasteiger partial charge in [-0.1, -0.05) is 41.1 Å². The molecule has 1 heterocycles. The average Bonchev–Trinajstić information content (AvgIpc) is 3.00. The van der Waals surface area contributed by atoms with Gasteiger partial charge < -0.3 is 9.88 Å². The van der Waals surface area contributed by atoms with Gasteiger partial charge in [0.2, 0.25) is 0 Å². The van der Waals surface area contributed by atoms with Gasteiger partial charge in [0, 0.05) is 21.5 Å². The topological polar surface area (TPSA) is 57.8 Å². The Hall–Kier alpha value is -3.10. The fourth-order valence-electron chi connectivity index (χ4n) is 3.64. The van der Waals surface area contributed by atoms with Crippen LogP contribution in [0.2, 0.25) is 0 Å². The van der Waals surface area contributed by atoms with Gasteiger partial charge in [0.15, 0.2) is 0 Å². The number of rotatable bonds is 5. The Morgan fingerprint density at radius 2 is 1.87 bits per heavy atom. The van der Waals surface area contributed by atoms with E-state index in [0.29, 0.717) is 5.69 Å². The molecule has 30 heavy (non-hydrogen) atoms. The summed E-state index contributed by atoms with van der Waals surface area (Å²) in [5.41, 5.74) is 7.27. The predicted octanol–water partition coefficient (Wildman–Crippen LogP) is 6.27. The normalized spacial score (nSPS) is 11.3. The summed E-state index contributed by atoms with van der Waals surface area (Å²) in [6.45, 7) is 8.32. The van der Waals surface area contributed by atoms with Gasteiger partial charge in [0.1, 0.15) is 11.6 Å². The largest absolute Gasteiger partial charge is 0.321 e. The molecule has 0 spiro atoms. The van der Waals surface area contributed by atoms with Crippen LogP contribution in [0.4, 0.5) is 5.69 Å². The minimum Gasteiger partial charge on any atom is -0.321 e. The van der Waals surface area contributed by atoms with Crippen LogP contribution < -0.4 is 5.32 Å². The van der Waals surface area contributed by atoms with E-state index in [9.17, 15) is 10.1 Å². The lowest BCUT2D eigenvalue weighted by Gasteiger charge is -2.17. The van der Waals surface area contributed by atoms with Gasteiger partial charge in [0.25, 0.3) is 5.91 Å². The van der Waals surface area contributed by atoms with Crippen molar-refractivity contribution < 1.29 is 4.79 Å². The van der Waals surface area contributed by atoms with Crippen LogP contribution in [0.3, 0.4) is 0 Å². The number of amides is 1. The summed E-state index contributed by atoms with van der Waals surface area (Å²) >= 11 is 3.37. The zero-order chi connectivity index (χ0) is 21.8. The number of carbonyl (C=O) groups excluding carboxylic acids is 1. The molecule has 1 amide bonds. The van der Waals surface area contributed by atoms with Gasteiger partial charge in [-0.05, 0) is 80.3 Å². The lowest BCUT2D eigenvalue weighted by molar-refractivity contribution is -0.112. The van der Waals surface area contributed by atoms with Crippen LogP contribution in [0.1, 0.15) is 35.0 Å². The first-order valence-corrected chi connectivity index (χ1v) is 10.6. The SMILES string of the molecule is CCc1cccc(C)c1-n1c(C)cc(/C=C(/C#N)C(=O)Nc2ccc(Br)cc2)c1C. The molecule has 0 saturated heterocycles. The fourth-order valence-corrected chi connectivity index (χ4v) is 3.90. The molecule has 2 aromatic carbocycles. The van der Waals surface area contributed by atoms with Crippen molar-refractivity contribution >= 4 is 33.6 Å². The van der Waals surface area contributed by atoms with E-state index < -0.39 is 5.91 Å². The molecule has 152 valence electrons. The highest BCUT2D eigenvalue weighted by molar-refractivity contribution is 9.10. The van der Waals surface area contributed by atoms with Crippen LogP contribution in [-0.2, 0) is 11.2 Å². The van der Waals surface area contributed by atoms with Gasteiger partial charge in [-0.2, -0.15) is 5.26 Å². The first-order chi connectivity index (χ1) is 14.3.